The molecule has 0 spiro atoms. The number of halogens is 1. The van der Waals surface area contributed by atoms with Gasteiger partial charge in [0.05, 0.1) is 5.69 Å². The Morgan fingerprint density at radius 1 is 0.972 bits per heavy atom. The minimum absolute atomic E-state index is 0.00283. The monoisotopic (exact) mass is 481 g/mol. The van der Waals surface area contributed by atoms with Crippen LogP contribution >= 0.6 is 0 Å². The quantitative estimate of drug-likeness (QED) is 0.441. The molecular weight excluding hydrogens is 453 g/mol. The first-order chi connectivity index (χ1) is 17.4. The molecule has 0 aliphatic carbocycles. The number of aromatic nitrogens is 1. The highest BCUT2D eigenvalue weighted by Crippen LogP contribution is 2.48. The molecule has 4 aromatic rings. The fraction of sp³-hybridized carbons (Fsp3) is 0.267. The third-order valence-electron chi connectivity index (χ3n) is 7.89. The fourth-order valence-electron chi connectivity index (χ4n) is 5.90. The molecule has 1 fully saturated rings. The van der Waals surface area contributed by atoms with Crippen molar-refractivity contribution in [2.45, 2.75) is 38.3 Å². The molecule has 0 radical (unpaired) electrons. The molecular formula is C30H28FN3O2. The van der Waals surface area contributed by atoms with Crippen molar-refractivity contribution in [2.75, 3.05) is 13.1 Å². The smallest absolute Gasteiger partial charge is 0.255 e. The summed E-state index contributed by atoms with van der Waals surface area (Å²) in [5.74, 6) is -0.584. The van der Waals surface area contributed by atoms with Crippen molar-refractivity contribution in [1.82, 2.24) is 14.8 Å². The van der Waals surface area contributed by atoms with Gasteiger partial charge in [-0.05, 0) is 53.8 Å². The topological polar surface area (TPSA) is 56.4 Å². The highest BCUT2D eigenvalue weighted by atomic mass is 19.1. The van der Waals surface area contributed by atoms with Crippen molar-refractivity contribution in [1.29, 1.82) is 0 Å². The number of hydrogen-bond acceptors (Lipinski definition) is 2. The molecule has 1 N–H and O–H groups in total. The highest BCUT2D eigenvalue weighted by molar-refractivity contribution is 6.01. The zero-order valence-electron chi connectivity index (χ0n) is 20.4. The number of nitrogens with one attached hydrogen (secondary N) is 1. The lowest BCUT2D eigenvalue weighted by atomic mass is 9.76. The van der Waals surface area contributed by atoms with Crippen LogP contribution in [-0.4, -0.2) is 39.7 Å². The van der Waals surface area contributed by atoms with E-state index in [4.69, 9.17) is 0 Å². The van der Waals surface area contributed by atoms with E-state index in [1.807, 2.05) is 25.1 Å². The maximum atomic E-state index is 14.1. The van der Waals surface area contributed by atoms with Gasteiger partial charge in [-0.2, -0.15) is 0 Å². The maximum Gasteiger partial charge on any atom is 0.255 e. The van der Waals surface area contributed by atoms with E-state index in [1.54, 1.807) is 21.9 Å². The number of carbonyl (C=O) groups is 2. The van der Waals surface area contributed by atoms with Gasteiger partial charge in [0.15, 0.2) is 5.54 Å². The summed E-state index contributed by atoms with van der Waals surface area (Å²) in [6.45, 7) is 4.68. The molecule has 2 aliphatic heterocycles. The molecule has 2 atom stereocenters. The van der Waals surface area contributed by atoms with E-state index in [-0.39, 0.29) is 36.6 Å². The SMILES string of the molecule is CCc1ccc(C2CN3C(=O)CN(Cc4ccc(F)cc4)C(=O)C3(C)c3[nH]c4ccccc4c32)cc1. The van der Waals surface area contributed by atoms with E-state index in [0.29, 0.717) is 6.54 Å². The second kappa shape index (κ2) is 8.33. The van der Waals surface area contributed by atoms with E-state index >= 15 is 0 Å². The normalized spacial score (nSPS) is 21.6. The first-order valence-corrected chi connectivity index (χ1v) is 12.4. The standard InChI is InChI=1S/C30H28FN3O2/c1-3-19-8-12-21(13-9-19)24-17-34-26(35)18-33(16-20-10-14-22(31)15-11-20)29(36)30(34,2)28-27(24)23-6-4-5-7-25(23)32-28/h4-15,24,32H,3,16-18H2,1-2H3. The summed E-state index contributed by atoms with van der Waals surface area (Å²) in [5.41, 5.74) is 4.85. The fourth-order valence-corrected chi connectivity index (χ4v) is 5.90. The predicted molar refractivity (Wildman–Crippen MR) is 137 cm³/mol. The van der Waals surface area contributed by atoms with Crippen LogP contribution in [0.1, 0.15) is 47.7 Å². The first-order valence-electron chi connectivity index (χ1n) is 12.4. The summed E-state index contributed by atoms with van der Waals surface area (Å²) in [6, 6.07) is 22.8. The second-order valence-electron chi connectivity index (χ2n) is 9.97. The van der Waals surface area contributed by atoms with E-state index in [2.05, 4.69) is 42.2 Å². The Bertz CT molecular complexity index is 1470. The molecule has 1 saturated heterocycles. The minimum atomic E-state index is -1.15. The molecule has 6 heteroatoms. The number of fused-ring (bicyclic) bond motifs is 5. The molecule has 6 rings (SSSR count). The zero-order valence-corrected chi connectivity index (χ0v) is 20.4. The molecule has 2 amide bonds. The van der Waals surface area contributed by atoms with E-state index in [1.165, 1.54) is 17.7 Å². The van der Waals surface area contributed by atoms with E-state index in [9.17, 15) is 14.0 Å². The van der Waals surface area contributed by atoms with Gasteiger partial charge in [-0.25, -0.2) is 4.39 Å². The molecule has 36 heavy (non-hydrogen) atoms. The van der Waals surface area contributed by atoms with Crippen LogP contribution in [0.3, 0.4) is 0 Å². The largest absolute Gasteiger partial charge is 0.356 e. The minimum Gasteiger partial charge on any atom is -0.356 e. The number of amides is 2. The van der Waals surface area contributed by atoms with Crippen LogP contribution in [0.25, 0.3) is 10.9 Å². The number of piperazine rings is 1. The zero-order chi connectivity index (χ0) is 25.0. The van der Waals surface area contributed by atoms with Gasteiger partial charge in [0.25, 0.3) is 5.91 Å². The van der Waals surface area contributed by atoms with Gasteiger partial charge in [-0.15, -0.1) is 0 Å². The Kier molecular flexibility index (Phi) is 5.21. The Balaban J connectivity index is 1.48. The number of aromatic amines is 1. The molecule has 3 heterocycles. The van der Waals surface area contributed by atoms with Gasteiger partial charge in [-0.3, -0.25) is 9.59 Å². The van der Waals surface area contributed by atoms with Crippen LogP contribution in [0, 0.1) is 5.82 Å². The van der Waals surface area contributed by atoms with E-state index in [0.717, 1.165) is 39.7 Å². The summed E-state index contributed by atoms with van der Waals surface area (Å²) in [4.78, 5) is 34.6. The number of para-hydroxylation sites is 1. The molecule has 182 valence electrons. The lowest BCUT2D eigenvalue weighted by molar-refractivity contribution is -0.166. The Morgan fingerprint density at radius 2 is 1.67 bits per heavy atom. The number of benzene rings is 3. The Labute approximate surface area is 209 Å². The maximum absolute atomic E-state index is 14.1. The van der Waals surface area contributed by atoms with Gasteiger partial charge in [0.1, 0.15) is 12.4 Å². The van der Waals surface area contributed by atoms with Crippen LogP contribution in [0.15, 0.2) is 72.8 Å². The molecule has 1 aromatic heterocycles. The summed E-state index contributed by atoms with van der Waals surface area (Å²) in [7, 11) is 0. The van der Waals surface area contributed by atoms with Crippen LogP contribution in [0.2, 0.25) is 0 Å². The third kappa shape index (κ3) is 3.35. The molecule has 2 unspecified atom stereocenters. The van der Waals surface area contributed by atoms with Crippen LogP contribution in [0.5, 0.6) is 0 Å². The van der Waals surface area contributed by atoms with Gasteiger partial charge in [-0.1, -0.05) is 61.5 Å². The highest BCUT2D eigenvalue weighted by Gasteiger charge is 2.56. The van der Waals surface area contributed by atoms with Crippen molar-refractivity contribution in [3.8, 4) is 0 Å². The van der Waals surface area contributed by atoms with E-state index < -0.39 is 5.54 Å². The Morgan fingerprint density at radius 3 is 2.39 bits per heavy atom. The third-order valence-corrected chi connectivity index (χ3v) is 7.89. The van der Waals surface area contributed by atoms with Gasteiger partial charge in [0.2, 0.25) is 5.91 Å². The molecule has 0 bridgehead atoms. The average molecular weight is 482 g/mol. The van der Waals surface area contributed by atoms with Crippen molar-refractivity contribution >= 4 is 22.7 Å². The summed E-state index contributed by atoms with van der Waals surface area (Å²) < 4.78 is 13.4. The van der Waals surface area contributed by atoms with Gasteiger partial charge < -0.3 is 14.8 Å². The number of H-pyrrole nitrogens is 1. The van der Waals surface area contributed by atoms with Crippen molar-refractivity contribution in [2.24, 2.45) is 0 Å². The lowest BCUT2D eigenvalue weighted by Gasteiger charge is -2.51. The number of hydrogen-bond donors (Lipinski definition) is 1. The summed E-state index contributed by atoms with van der Waals surface area (Å²) in [6.07, 6.45) is 0.963. The lowest BCUT2D eigenvalue weighted by Crippen LogP contribution is -2.67. The van der Waals surface area contributed by atoms with Crippen LogP contribution < -0.4 is 0 Å². The predicted octanol–water partition coefficient (Wildman–Crippen LogP) is 5.10. The summed E-state index contributed by atoms with van der Waals surface area (Å²) in [5, 5.41) is 1.08. The molecule has 2 aliphatic rings. The number of rotatable bonds is 4. The van der Waals surface area contributed by atoms with Crippen LogP contribution in [0.4, 0.5) is 4.39 Å². The van der Waals surface area contributed by atoms with Crippen LogP contribution in [-0.2, 0) is 28.1 Å². The van der Waals surface area contributed by atoms with Gasteiger partial charge >= 0.3 is 0 Å². The molecule has 0 saturated carbocycles. The Hall–Kier alpha value is -3.93. The molecule has 5 nitrogen and oxygen atoms in total. The summed E-state index contributed by atoms with van der Waals surface area (Å²) >= 11 is 0. The number of carbonyl (C=O) groups excluding carboxylic acids is 2. The second-order valence-corrected chi connectivity index (χ2v) is 9.97. The number of nitrogens with zero attached hydrogens (tertiary/aromatic N) is 2. The first kappa shape index (κ1) is 22.5. The average Bonchev–Trinajstić information content (AvgIpc) is 3.29. The van der Waals surface area contributed by atoms with Gasteiger partial charge in [0, 0.05) is 29.9 Å². The van der Waals surface area contributed by atoms with Crippen molar-refractivity contribution < 1.29 is 14.0 Å². The number of aryl methyl sites for hydroxylation is 1. The van der Waals surface area contributed by atoms with Crippen molar-refractivity contribution in [3.63, 3.8) is 0 Å². The molecule has 3 aromatic carbocycles. The van der Waals surface area contributed by atoms with Crippen molar-refractivity contribution in [3.05, 3.63) is 107 Å².